The molecule has 3 rings (SSSR count). The highest BCUT2D eigenvalue weighted by Gasteiger charge is 2.32. The third-order valence-electron chi connectivity index (χ3n) is 4.22. The molecule has 0 bridgehead atoms. The first kappa shape index (κ1) is 16.1. The van der Waals surface area contributed by atoms with Gasteiger partial charge in [0.1, 0.15) is 5.82 Å². The lowest BCUT2D eigenvalue weighted by Crippen LogP contribution is -2.55. The van der Waals surface area contributed by atoms with Gasteiger partial charge in [0, 0.05) is 29.8 Å². The molecule has 3 nitrogen and oxygen atoms in total. The van der Waals surface area contributed by atoms with Crippen molar-refractivity contribution in [1.29, 1.82) is 0 Å². The summed E-state index contributed by atoms with van der Waals surface area (Å²) in [4.78, 5) is 16.6. The van der Waals surface area contributed by atoms with Crippen LogP contribution in [-0.2, 0) is 11.3 Å². The molecule has 1 fully saturated rings. The summed E-state index contributed by atoms with van der Waals surface area (Å²) in [6.45, 7) is 4.03. The van der Waals surface area contributed by atoms with Crippen LogP contribution in [-0.4, -0.2) is 29.9 Å². The molecule has 1 aliphatic heterocycles. The summed E-state index contributed by atoms with van der Waals surface area (Å²) in [5.74, 6) is -0.140. The Bertz CT molecular complexity index is 687. The van der Waals surface area contributed by atoms with Gasteiger partial charge in [-0.2, -0.15) is 0 Å². The first-order valence-electron chi connectivity index (χ1n) is 7.60. The molecule has 23 heavy (non-hydrogen) atoms. The SMILES string of the molecule is C[C@@H]1C(=O)N(c2ccc(Br)cc2)CCN1Cc1ccc(F)cc1. The van der Waals surface area contributed by atoms with Gasteiger partial charge in [0.25, 0.3) is 0 Å². The molecule has 0 spiro atoms. The molecule has 2 aromatic carbocycles. The summed E-state index contributed by atoms with van der Waals surface area (Å²) in [5, 5.41) is 0. The predicted octanol–water partition coefficient (Wildman–Crippen LogP) is 3.83. The molecule has 0 aliphatic carbocycles. The highest BCUT2D eigenvalue weighted by Crippen LogP contribution is 2.23. The molecule has 0 aromatic heterocycles. The second-order valence-corrected chi connectivity index (χ2v) is 6.65. The maximum Gasteiger partial charge on any atom is 0.244 e. The van der Waals surface area contributed by atoms with Crippen LogP contribution in [0.2, 0.25) is 0 Å². The van der Waals surface area contributed by atoms with Crippen LogP contribution in [0.25, 0.3) is 0 Å². The zero-order chi connectivity index (χ0) is 16.4. The first-order chi connectivity index (χ1) is 11.0. The highest BCUT2D eigenvalue weighted by molar-refractivity contribution is 9.10. The highest BCUT2D eigenvalue weighted by atomic mass is 79.9. The normalized spacial score (nSPS) is 19.2. The third-order valence-corrected chi connectivity index (χ3v) is 4.75. The number of carbonyl (C=O) groups excluding carboxylic acids is 1. The van der Waals surface area contributed by atoms with Gasteiger partial charge in [-0.05, 0) is 48.9 Å². The molecule has 1 heterocycles. The second kappa shape index (κ2) is 6.81. The summed E-state index contributed by atoms with van der Waals surface area (Å²) in [6, 6.07) is 14.0. The summed E-state index contributed by atoms with van der Waals surface area (Å²) in [6.07, 6.45) is 0. The minimum atomic E-state index is -0.238. The van der Waals surface area contributed by atoms with Crippen LogP contribution in [0.3, 0.4) is 0 Å². The number of nitrogens with zero attached hydrogens (tertiary/aromatic N) is 2. The van der Waals surface area contributed by atoms with Crippen molar-refractivity contribution in [2.45, 2.75) is 19.5 Å². The van der Waals surface area contributed by atoms with Crippen molar-refractivity contribution >= 4 is 27.5 Å². The van der Waals surface area contributed by atoms with Gasteiger partial charge in [0.05, 0.1) is 6.04 Å². The number of piperazine rings is 1. The molecule has 0 N–H and O–H groups in total. The van der Waals surface area contributed by atoms with Crippen molar-refractivity contribution in [3.63, 3.8) is 0 Å². The fourth-order valence-corrected chi connectivity index (χ4v) is 3.10. The third kappa shape index (κ3) is 3.62. The van der Waals surface area contributed by atoms with E-state index < -0.39 is 0 Å². The number of benzene rings is 2. The van der Waals surface area contributed by atoms with E-state index in [-0.39, 0.29) is 17.8 Å². The fourth-order valence-electron chi connectivity index (χ4n) is 2.83. The van der Waals surface area contributed by atoms with Gasteiger partial charge in [0.15, 0.2) is 0 Å². The smallest absolute Gasteiger partial charge is 0.244 e. The van der Waals surface area contributed by atoms with Gasteiger partial charge in [-0.25, -0.2) is 4.39 Å². The first-order valence-corrected chi connectivity index (χ1v) is 8.39. The van der Waals surface area contributed by atoms with E-state index in [1.165, 1.54) is 12.1 Å². The topological polar surface area (TPSA) is 23.6 Å². The fraction of sp³-hybridized carbons (Fsp3) is 0.278. The van der Waals surface area contributed by atoms with Gasteiger partial charge in [0.2, 0.25) is 5.91 Å². The number of rotatable bonds is 3. The molecule has 0 unspecified atom stereocenters. The molecule has 0 radical (unpaired) electrons. The number of halogens is 2. The zero-order valence-corrected chi connectivity index (χ0v) is 14.5. The van der Waals surface area contributed by atoms with Crippen LogP contribution < -0.4 is 4.90 Å². The minimum absolute atomic E-state index is 0.0979. The maximum atomic E-state index is 13.0. The lowest BCUT2D eigenvalue weighted by atomic mass is 10.1. The molecular weight excluding hydrogens is 359 g/mol. The van der Waals surface area contributed by atoms with Crippen molar-refractivity contribution in [1.82, 2.24) is 4.90 Å². The van der Waals surface area contributed by atoms with Crippen molar-refractivity contribution < 1.29 is 9.18 Å². The van der Waals surface area contributed by atoms with Crippen LogP contribution in [0.4, 0.5) is 10.1 Å². The van der Waals surface area contributed by atoms with Crippen molar-refractivity contribution in [2.24, 2.45) is 0 Å². The van der Waals surface area contributed by atoms with Gasteiger partial charge < -0.3 is 4.90 Å². The number of anilines is 1. The Morgan fingerprint density at radius 1 is 1.09 bits per heavy atom. The number of hydrogen-bond donors (Lipinski definition) is 0. The molecule has 1 aliphatic rings. The average molecular weight is 377 g/mol. The summed E-state index contributed by atoms with van der Waals surface area (Å²) >= 11 is 3.41. The Hall–Kier alpha value is -1.72. The van der Waals surface area contributed by atoms with E-state index in [0.29, 0.717) is 13.1 Å². The Labute approximate surface area is 143 Å². The standard InChI is InChI=1S/C18H18BrFN2O/c1-13-18(23)22(17-8-4-15(19)5-9-17)11-10-21(13)12-14-2-6-16(20)7-3-14/h2-9,13H,10-12H2,1H3/t13-/m1/s1. The summed E-state index contributed by atoms with van der Waals surface area (Å²) < 4.78 is 14.0. The van der Waals surface area contributed by atoms with Crippen LogP contribution in [0.1, 0.15) is 12.5 Å². The van der Waals surface area contributed by atoms with Crippen LogP contribution in [0.15, 0.2) is 53.0 Å². The molecule has 5 heteroatoms. The predicted molar refractivity (Wildman–Crippen MR) is 92.8 cm³/mol. The van der Waals surface area contributed by atoms with E-state index in [1.807, 2.05) is 36.1 Å². The summed E-state index contributed by atoms with van der Waals surface area (Å²) in [7, 11) is 0. The van der Waals surface area contributed by atoms with Crippen molar-refractivity contribution in [3.05, 3.63) is 64.4 Å². The molecule has 1 amide bonds. The molecular formula is C18H18BrFN2O. The second-order valence-electron chi connectivity index (χ2n) is 5.74. The average Bonchev–Trinajstić information content (AvgIpc) is 2.55. The molecule has 1 atom stereocenters. The van der Waals surface area contributed by atoms with E-state index in [0.717, 1.165) is 22.3 Å². The Morgan fingerprint density at radius 3 is 2.39 bits per heavy atom. The van der Waals surface area contributed by atoms with Gasteiger partial charge in [-0.15, -0.1) is 0 Å². The Morgan fingerprint density at radius 2 is 1.74 bits per heavy atom. The zero-order valence-electron chi connectivity index (χ0n) is 12.9. The molecule has 120 valence electrons. The monoisotopic (exact) mass is 376 g/mol. The van der Waals surface area contributed by atoms with Crippen molar-refractivity contribution in [3.8, 4) is 0 Å². The van der Waals surface area contributed by atoms with Gasteiger partial charge >= 0.3 is 0 Å². The van der Waals surface area contributed by atoms with E-state index in [4.69, 9.17) is 0 Å². The minimum Gasteiger partial charge on any atom is -0.310 e. The van der Waals surface area contributed by atoms with Gasteiger partial charge in [-0.3, -0.25) is 9.69 Å². The Kier molecular flexibility index (Phi) is 4.78. The number of hydrogen-bond acceptors (Lipinski definition) is 2. The molecule has 0 saturated carbocycles. The van der Waals surface area contributed by atoms with Crippen LogP contribution in [0, 0.1) is 5.82 Å². The largest absolute Gasteiger partial charge is 0.310 e. The number of amides is 1. The maximum absolute atomic E-state index is 13.0. The quantitative estimate of drug-likeness (QED) is 0.812. The number of carbonyl (C=O) groups is 1. The van der Waals surface area contributed by atoms with Crippen molar-refractivity contribution in [2.75, 3.05) is 18.0 Å². The molecule has 2 aromatic rings. The lowest BCUT2D eigenvalue weighted by Gasteiger charge is -2.39. The lowest BCUT2D eigenvalue weighted by molar-refractivity contribution is -0.125. The van der Waals surface area contributed by atoms with E-state index in [9.17, 15) is 9.18 Å². The molecule has 1 saturated heterocycles. The van der Waals surface area contributed by atoms with Crippen LogP contribution in [0.5, 0.6) is 0 Å². The van der Waals surface area contributed by atoms with E-state index in [2.05, 4.69) is 20.8 Å². The summed E-state index contributed by atoms with van der Waals surface area (Å²) in [5.41, 5.74) is 1.94. The van der Waals surface area contributed by atoms with Crippen LogP contribution >= 0.6 is 15.9 Å². The Balaban J connectivity index is 1.70. The van der Waals surface area contributed by atoms with E-state index in [1.54, 1.807) is 12.1 Å². The van der Waals surface area contributed by atoms with E-state index >= 15 is 0 Å². The van der Waals surface area contributed by atoms with Gasteiger partial charge in [-0.1, -0.05) is 28.1 Å².